The van der Waals surface area contributed by atoms with Gasteiger partial charge in [-0.25, -0.2) is 0 Å². The summed E-state index contributed by atoms with van der Waals surface area (Å²) in [6.45, 7) is 4.14. The number of hydrogen-bond acceptors (Lipinski definition) is 2. The molecule has 0 heterocycles. The van der Waals surface area contributed by atoms with Crippen LogP contribution >= 0.6 is 0 Å². The molecule has 0 aliphatic rings. The quantitative estimate of drug-likeness (QED) is 0.836. The van der Waals surface area contributed by atoms with Gasteiger partial charge in [-0.2, -0.15) is 5.26 Å². The summed E-state index contributed by atoms with van der Waals surface area (Å²) in [5, 5.41) is 12.1. The molecule has 1 aromatic carbocycles. The van der Waals surface area contributed by atoms with Crippen molar-refractivity contribution in [3.05, 3.63) is 35.9 Å². The molecule has 1 rings (SSSR count). The number of amides is 1. The van der Waals surface area contributed by atoms with E-state index in [-0.39, 0.29) is 11.9 Å². The maximum Gasteiger partial charge on any atom is 0.242 e. The summed E-state index contributed by atoms with van der Waals surface area (Å²) < 4.78 is 0. The Labute approximate surface area is 109 Å². The van der Waals surface area contributed by atoms with E-state index in [2.05, 4.69) is 18.3 Å². The number of carbonyl (C=O) groups excluding carboxylic acids is 1. The molecule has 0 aromatic heterocycles. The Morgan fingerprint density at radius 3 is 2.50 bits per heavy atom. The number of carbonyl (C=O) groups is 1. The van der Waals surface area contributed by atoms with E-state index in [9.17, 15) is 4.79 Å². The van der Waals surface area contributed by atoms with Gasteiger partial charge in [-0.15, -0.1) is 0 Å². The summed E-state index contributed by atoms with van der Waals surface area (Å²) >= 11 is 0. The highest BCUT2D eigenvalue weighted by Crippen LogP contribution is 2.15. The van der Waals surface area contributed by atoms with Crippen LogP contribution in [0.25, 0.3) is 0 Å². The number of hydrogen-bond donors (Lipinski definition) is 1. The molecule has 2 unspecified atom stereocenters. The van der Waals surface area contributed by atoms with Crippen molar-refractivity contribution in [3.63, 3.8) is 0 Å². The van der Waals surface area contributed by atoms with Crippen molar-refractivity contribution < 1.29 is 4.79 Å². The van der Waals surface area contributed by atoms with Crippen molar-refractivity contribution in [2.45, 2.75) is 45.1 Å². The first-order chi connectivity index (χ1) is 8.72. The third kappa shape index (κ3) is 3.89. The fourth-order valence-electron chi connectivity index (χ4n) is 1.94. The van der Waals surface area contributed by atoms with Crippen molar-refractivity contribution in [1.29, 1.82) is 5.26 Å². The fraction of sp³-hybridized carbons (Fsp3) is 0.467. The van der Waals surface area contributed by atoms with Gasteiger partial charge in [0, 0.05) is 6.04 Å². The first kappa shape index (κ1) is 14.2. The summed E-state index contributed by atoms with van der Waals surface area (Å²) in [5.74, 6) is -0.902. The molecule has 18 heavy (non-hydrogen) atoms. The van der Waals surface area contributed by atoms with Crippen LogP contribution in [0.2, 0.25) is 0 Å². The normalized spacial score (nSPS) is 13.4. The van der Waals surface area contributed by atoms with Gasteiger partial charge in [-0.1, -0.05) is 50.6 Å². The van der Waals surface area contributed by atoms with Gasteiger partial charge >= 0.3 is 0 Å². The van der Waals surface area contributed by atoms with Crippen LogP contribution in [0.3, 0.4) is 0 Å². The minimum atomic E-state index is -0.711. The zero-order valence-corrected chi connectivity index (χ0v) is 11.0. The second-order valence-electron chi connectivity index (χ2n) is 4.38. The Morgan fingerprint density at radius 1 is 1.33 bits per heavy atom. The van der Waals surface area contributed by atoms with Gasteiger partial charge in [0.2, 0.25) is 5.91 Å². The second kappa shape index (κ2) is 7.50. The lowest BCUT2D eigenvalue weighted by atomic mass is 9.99. The number of nitrogens with one attached hydrogen (secondary N) is 1. The number of benzene rings is 1. The zero-order chi connectivity index (χ0) is 13.4. The SMILES string of the molecule is CCCC(CC)NC(=O)C(C#N)c1ccccc1. The molecule has 3 heteroatoms. The van der Waals surface area contributed by atoms with Crippen molar-refractivity contribution in [2.75, 3.05) is 0 Å². The highest BCUT2D eigenvalue weighted by Gasteiger charge is 2.21. The largest absolute Gasteiger partial charge is 0.352 e. The van der Waals surface area contributed by atoms with E-state index in [0.29, 0.717) is 0 Å². The Balaban J connectivity index is 2.72. The maximum absolute atomic E-state index is 12.1. The first-order valence-corrected chi connectivity index (χ1v) is 6.47. The van der Waals surface area contributed by atoms with Crippen LogP contribution in [0.1, 0.15) is 44.6 Å². The van der Waals surface area contributed by atoms with E-state index in [1.54, 1.807) is 0 Å². The molecule has 1 aromatic rings. The van der Waals surface area contributed by atoms with Crippen molar-refractivity contribution in [1.82, 2.24) is 5.32 Å². The summed E-state index contributed by atoms with van der Waals surface area (Å²) in [4.78, 5) is 12.1. The average Bonchev–Trinajstić information content (AvgIpc) is 2.40. The number of nitrogens with zero attached hydrogens (tertiary/aromatic N) is 1. The second-order valence-corrected chi connectivity index (χ2v) is 4.38. The predicted octanol–water partition coefficient (Wildman–Crippen LogP) is 2.99. The van der Waals surface area contributed by atoms with Crippen molar-refractivity contribution in [2.24, 2.45) is 0 Å². The molecule has 0 aliphatic carbocycles. The highest BCUT2D eigenvalue weighted by atomic mass is 16.1. The summed E-state index contributed by atoms with van der Waals surface area (Å²) in [6, 6.07) is 11.4. The molecule has 96 valence electrons. The Hall–Kier alpha value is -1.82. The van der Waals surface area contributed by atoms with Crippen molar-refractivity contribution >= 4 is 5.91 Å². The van der Waals surface area contributed by atoms with Crippen molar-refractivity contribution in [3.8, 4) is 6.07 Å². The highest BCUT2D eigenvalue weighted by molar-refractivity contribution is 5.86. The van der Waals surface area contributed by atoms with E-state index in [1.807, 2.05) is 37.3 Å². The van der Waals surface area contributed by atoms with Crippen LogP contribution in [0.4, 0.5) is 0 Å². The van der Waals surface area contributed by atoms with Crippen LogP contribution < -0.4 is 5.32 Å². The zero-order valence-electron chi connectivity index (χ0n) is 11.0. The van der Waals surface area contributed by atoms with Crippen LogP contribution in [-0.4, -0.2) is 11.9 Å². The van der Waals surface area contributed by atoms with E-state index in [4.69, 9.17) is 5.26 Å². The van der Waals surface area contributed by atoms with Gasteiger partial charge in [0.15, 0.2) is 0 Å². The molecule has 0 spiro atoms. The third-order valence-electron chi connectivity index (χ3n) is 3.00. The molecule has 0 saturated heterocycles. The average molecular weight is 244 g/mol. The molecule has 0 aliphatic heterocycles. The molecule has 3 nitrogen and oxygen atoms in total. The molecule has 1 amide bonds. The molecule has 0 bridgehead atoms. The Bertz CT molecular complexity index is 408. The van der Waals surface area contributed by atoms with Crippen LogP contribution in [0.5, 0.6) is 0 Å². The number of rotatable bonds is 6. The minimum Gasteiger partial charge on any atom is -0.352 e. The maximum atomic E-state index is 12.1. The van der Waals surface area contributed by atoms with Crippen LogP contribution in [0.15, 0.2) is 30.3 Å². The summed E-state index contributed by atoms with van der Waals surface area (Å²) in [7, 11) is 0. The Morgan fingerprint density at radius 2 is 2.00 bits per heavy atom. The van der Waals surface area contributed by atoms with E-state index >= 15 is 0 Å². The summed E-state index contributed by atoms with van der Waals surface area (Å²) in [5.41, 5.74) is 0.754. The monoisotopic (exact) mass is 244 g/mol. The van der Waals surface area contributed by atoms with Gasteiger partial charge in [0.25, 0.3) is 0 Å². The molecular weight excluding hydrogens is 224 g/mol. The Kier molecular flexibility index (Phi) is 5.93. The van der Waals surface area contributed by atoms with Gasteiger partial charge in [-0.3, -0.25) is 4.79 Å². The van der Waals surface area contributed by atoms with Gasteiger partial charge in [0.1, 0.15) is 5.92 Å². The van der Waals surface area contributed by atoms with Crippen LogP contribution in [-0.2, 0) is 4.79 Å². The van der Waals surface area contributed by atoms with E-state index in [1.165, 1.54) is 0 Å². The van der Waals surface area contributed by atoms with Gasteiger partial charge in [0.05, 0.1) is 6.07 Å². The van der Waals surface area contributed by atoms with Gasteiger partial charge in [-0.05, 0) is 18.4 Å². The molecule has 1 N–H and O–H groups in total. The lowest BCUT2D eigenvalue weighted by molar-refractivity contribution is -0.122. The molecule has 0 radical (unpaired) electrons. The fourth-order valence-corrected chi connectivity index (χ4v) is 1.94. The predicted molar refractivity (Wildman–Crippen MR) is 71.9 cm³/mol. The molecular formula is C15H20N2O. The molecule has 0 fully saturated rings. The van der Waals surface area contributed by atoms with E-state index in [0.717, 1.165) is 24.8 Å². The third-order valence-corrected chi connectivity index (χ3v) is 3.00. The summed E-state index contributed by atoms with van der Waals surface area (Å²) in [6.07, 6.45) is 2.88. The van der Waals surface area contributed by atoms with E-state index < -0.39 is 5.92 Å². The first-order valence-electron chi connectivity index (χ1n) is 6.47. The minimum absolute atomic E-state index is 0.169. The standard InChI is InChI=1S/C15H20N2O/c1-3-8-13(4-2)17-15(18)14(11-16)12-9-6-5-7-10-12/h5-7,9-10,13-14H,3-4,8H2,1-2H3,(H,17,18). The molecule has 2 atom stereocenters. The lowest BCUT2D eigenvalue weighted by Gasteiger charge is -2.18. The molecule has 0 saturated carbocycles. The van der Waals surface area contributed by atoms with Gasteiger partial charge < -0.3 is 5.32 Å². The number of nitriles is 1. The lowest BCUT2D eigenvalue weighted by Crippen LogP contribution is -2.37. The smallest absolute Gasteiger partial charge is 0.242 e. The topological polar surface area (TPSA) is 52.9 Å². The van der Waals surface area contributed by atoms with Crippen LogP contribution in [0, 0.1) is 11.3 Å².